The first-order chi connectivity index (χ1) is 6.20. The number of hydrogen-bond acceptors (Lipinski definition) is 3. The maximum Gasteiger partial charge on any atom is 0.359 e. The molecule has 70 valence electrons. The molecule has 0 radical (unpaired) electrons. The molecule has 1 saturated carbocycles. The molecule has 0 unspecified atom stereocenters. The van der Waals surface area contributed by atoms with Gasteiger partial charge in [-0.1, -0.05) is 5.21 Å². The van der Waals surface area contributed by atoms with Crippen LogP contribution in [-0.2, 0) is 0 Å². The third kappa shape index (κ3) is 1.35. The lowest BCUT2D eigenvalue weighted by atomic mass is 9.93. The van der Waals surface area contributed by atoms with Crippen LogP contribution in [0, 0.1) is 0 Å². The third-order valence-electron chi connectivity index (χ3n) is 2.26. The molecule has 0 spiro atoms. The van der Waals surface area contributed by atoms with Crippen molar-refractivity contribution in [1.82, 2.24) is 15.0 Å². The summed E-state index contributed by atoms with van der Waals surface area (Å²) in [7, 11) is 0. The van der Waals surface area contributed by atoms with Crippen LogP contribution in [-0.4, -0.2) is 26.1 Å². The van der Waals surface area contributed by atoms with Crippen LogP contribution in [0.2, 0.25) is 0 Å². The van der Waals surface area contributed by atoms with Gasteiger partial charge in [-0.15, -0.1) is 5.10 Å². The number of aromatic nitrogens is 3. The van der Waals surface area contributed by atoms with Crippen molar-refractivity contribution in [3.05, 3.63) is 10.3 Å². The van der Waals surface area contributed by atoms with E-state index in [-0.39, 0.29) is 5.69 Å². The summed E-state index contributed by atoms with van der Waals surface area (Å²) in [5, 5.41) is 16.1. The normalized spacial score (nSPS) is 17.0. The summed E-state index contributed by atoms with van der Waals surface area (Å²) in [6.45, 7) is 0. The summed E-state index contributed by atoms with van der Waals surface area (Å²) in [5.41, 5.74) is -0.00750. The quantitative estimate of drug-likeness (QED) is 0.857. The molecule has 0 atom stereocenters. The standard InChI is InChI=1S/C7H8BrN3O2/c8-6-5(7(12)13)9-10-11(6)4-2-1-3-4/h4H,1-3H2,(H,12,13). The summed E-state index contributed by atoms with van der Waals surface area (Å²) in [6.07, 6.45) is 3.29. The number of carbonyl (C=O) groups is 1. The van der Waals surface area contributed by atoms with E-state index in [1.54, 1.807) is 4.68 Å². The zero-order valence-corrected chi connectivity index (χ0v) is 8.36. The molecule has 0 amide bonds. The second-order valence-electron chi connectivity index (χ2n) is 3.06. The van der Waals surface area contributed by atoms with Crippen LogP contribution in [0.5, 0.6) is 0 Å². The van der Waals surface area contributed by atoms with Gasteiger partial charge in [0.1, 0.15) is 4.60 Å². The molecule has 1 aliphatic carbocycles. The zero-order chi connectivity index (χ0) is 9.42. The van der Waals surface area contributed by atoms with Crippen molar-refractivity contribution in [2.75, 3.05) is 0 Å². The Morgan fingerprint density at radius 3 is 2.69 bits per heavy atom. The summed E-state index contributed by atoms with van der Waals surface area (Å²) < 4.78 is 2.12. The molecule has 6 heteroatoms. The minimum atomic E-state index is -1.04. The fourth-order valence-corrected chi connectivity index (χ4v) is 1.89. The van der Waals surface area contributed by atoms with Crippen LogP contribution in [0.25, 0.3) is 0 Å². The lowest BCUT2D eigenvalue weighted by molar-refractivity contribution is 0.0689. The highest BCUT2D eigenvalue weighted by molar-refractivity contribution is 9.10. The van der Waals surface area contributed by atoms with Gasteiger partial charge in [0.2, 0.25) is 5.69 Å². The Morgan fingerprint density at radius 2 is 2.31 bits per heavy atom. The minimum absolute atomic E-state index is 0.00750. The number of carboxylic acid groups (broad SMARTS) is 1. The number of carboxylic acids is 1. The molecule has 1 heterocycles. The van der Waals surface area contributed by atoms with Crippen molar-refractivity contribution < 1.29 is 9.90 Å². The second-order valence-corrected chi connectivity index (χ2v) is 3.81. The van der Waals surface area contributed by atoms with Crippen molar-refractivity contribution in [1.29, 1.82) is 0 Å². The summed E-state index contributed by atoms with van der Waals surface area (Å²) in [6, 6.07) is 0.329. The lowest BCUT2D eigenvalue weighted by Crippen LogP contribution is -2.18. The van der Waals surface area contributed by atoms with Crippen molar-refractivity contribution in [3.63, 3.8) is 0 Å². The largest absolute Gasteiger partial charge is 0.476 e. The molecule has 0 aromatic carbocycles. The highest BCUT2D eigenvalue weighted by Gasteiger charge is 2.26. The number of hydrogen-bond donors (Lipinski definition) is 1. The van der Waals surface area contributed by atoms with E-state index in [1.807, 2.05) is 0 Å². The van der Waals surface area contributed by atoms with E-state index in [4.69, 9.17) is 5.11 Å². The minimum Gasteiger partial charge on any atom is -0.476 e. The molecule has 1 aromatic heterocycles. The molecular formula is C7H8BrN3O2. The zero-order valence-electron chi connectivity index (χ0n) is 6.77. The van der Waals surface area contributed by atoms with Crippen LogP contribution in [0.1, 0.15) is 35.8 Å². The van der Waals surface area contributed by atoms with Crippen LogP contribution in [0.4, 0.5) is 0 Å². The first kappa shape index (κ1) is 8.68. The predicted octanol–water partition coefficient (Wildman–Crippen LogP) is 1.46. The smallest absolute Gasteiger partial charge is 0.359 e. The Hall–Kier alpha value is -0.910. The Bertz CT molecular complexity index is 346. The number of rotatable bonds is 2. The fraction of sp³-hybridized carbons (Fsp3) is 0.571. The number of aromatic carboxylic acids is 1. The maximum absolute atomic E-state index is 10.6. The molecule has 0 aliphatic heterocycles. The van der Waals surface area contributed by atoms with Gasteiger partial charge >= 0.3 is 5.97 Å². The van der Waals surface area contributed by atoms with Crippen LogP contribution in [0.15, 0.2) is 4.60 Å². The molecule has 2 rings (SSSR count). The molecule has 1 aliphatic rings. The summed E-state index contributed by atoms with van der Waals surface area (Å²) in [5.74, 6) is -1.04. The Balaban J connectivity index is 2.32. The average molecular weight is 246 g/mol. The van der Waals surface area contributed by atoms with Gasteiger partial charge in [0.25, 0.3) is 0 Å². The van der Waals surface area contributed by atoms with Crippen molar-refractivity contribution in [2.24, 2.45) is 0 Å². The van der Waals surface area contributed by atoms with Gasteiger partial charge in [0.15, 0.2) is 0 Å². The molecule has 1 N–H and O–H groups in total. The highest BCUT2D eigenvalue weighted by atomic mass is 79.9. The summed E-state index contributed by atoms with van der Waals surface area (Å²) >= 11 is 3.18. The molecule has 13 heavy (non-hydrogen) atoms. The first-order valence-electron chi connectivity index (χ1n) is 4.04. The fourth-order valence-electron chi connectivity index (χ4n) is 1.28. The van der Waals surface area contributed by atoms with Crippen LogP contribution < -0.4 is 0 Å². The number of nitrogens with zero attached hydrogens (tertiary/aromatic N) is 3. The van der Waals surface area contributed by atoms with E-state index in [0.29, 0.717) is 10.6 Å². The van der Waals surface area contributed by atoms with E-state index in [0.717, 1.165) is 12.8 Å². The SMILES string of the molecule is O=C(O)c1nnn(C2CCC2)c1Br. The van der Waals surface area contributed by atoms with Gasteiger partial charge in [-0.25, -0.2) is 9.48 Å². The van der Waals surface area contributed by atoms with E-state index >= 15 is 0 Å². The van der Waals surface area contributed by atoms with Crippen LogP contribution >= 0.6 is 15.9 Å². The van der Waals surface area contributed by atoms with Gasteiger partial charge in [-0.3, -0.25) is 0 Å². The van der Waals surface area contributed by atoms with Gasteiger partial charge in [0.05, 0.1) is 6.04 Å². The maximum atomic E-state index is 10.6. The third-order valence-corrected chi connectivity index (χ3v) is 3.00. The van der Waals surface area contributed by atoms with Crippen LogP contribution in [0.3, 0.4) is 0 Å². The van der Waals surface area contributed by atoms with Crippen molar-refractivity contribution in [2.45, 2.75) is 25.3 Å². The molecule has 0 saturated heterocycles. The van der Waals surface area contributed by atoms with E-state index < -0.39 is 5.97 Å². The van der Waals surface area contributed by atoms with Gasteiger partial charge in [-0.05, 0) is 35.2 Å². The predicted molar refractivity (Wildman–Crippen MR) is 47.6 cm³/mol. The Kier molecular flexibility index (Phi) is 2.07. The first-order valence-corrected chi connectivity index (χ1v) is 4.83. The van der Waals surface area contributed by atoms with Gasteiger partial charge in [-0.2, -0.15) is 0 Å². The molecule has 5 nitrogen and oxygen atoms in total. The molecule has 1 aromatic rings. The van der Waals surface area contributed by atoms with E-state index in [1.165, 1.54) is 6.42 Å². The van der Waals surface area contributed by atoms with Gasteiger partial charge < -0.3 is 5.11 Å². The van der Waals surface area contributed by atoms with E-state index in [9.17, 15) is 4.79 Å². The summed E-state index contributed by atoms with van der Waals surface area (Å²) in [4.78, 5) is 10.6. The Labute approximate surface area is 82.9 Å². The Morgan fingerprint density at radius 1 is 1.62 bits per heavy atom. The lowest BCUT2D eigenvalue weighted by Gasteiger charge is -2.25. The molecular weight excluding hydrogens is 238 g/mol. The monoisotopic (exact) mass is 245 g/mol. The average Bonchev–Trinajstić information content (AvgIpc) is 2.29. The van der Waals surface area contributed by atoms with Gasteiger partial charge in [0, 0.05) is 0 Å². The molecule has 1 fully saturated rings. The molecule has 0 bridgehead atoms. The second kappa shape index (κ2) is 3.10. The van der Waals surface area contributed by atoms with Crippen molar-refractivity contribution >= 4 is 21.9 Å². The topological polar surface area (TPSA) is 68.0 Å². The van der Waals surface area contributed by atoms with E-state index in [2.05, 4.69) is 26.2 Å². The van der Waals surface area contributed by atoms with Crippen molar-refractivity contribution in [3.8, 4) is 0 Å². The highest BCUT2D eigenvalue weighted by Crippen LogP contribution is 2.33. The number of halogens is 1.